The first kappa shape index (κ1) is 21.4. The van der Waals surface area contributed by atoms with Crippen molar-refractivity contribution in [2.75, 3.05) is 11.9 Å². The molecule has 3 heterocycles. The van der Waals surface area contributed by atoms with E-state index in [0.29, 0.717) is 18.1 Å². The Morgan fingerprint density at radius 2 is 1.59 bits per heavy atom. The first-order valence-corrected chi connectivity index (χ1v) is 12.4. The van der Waals surface area contributed by atoms with E-state index in [1.54, 1.807) is 0 Å². The minimum atomic E-state index is -1.00. The van der Waals surface area contributed by atoms with Crippen molar-refractivity contribution in [2.45, 2.75) is 94.8 Å². The third-order valence-corrected chi connectivity index (χ3v) is 7.83. The van der Waals surface area contributed by atoms with Gasteiger partial charge in [-0.1, -0.05) is 44.2 Å². The number of carboxylic acids is 1. The summed E-state index contributed by atoms with van der Waals surface area (Å²) < 4.78 is 1.91. The molecule has 2 N–H and O–H groups in total. The summed E-state index contributed by atoms with van der Waals surface area (Å²) in [5, 5.41) is 11.8. The summed E-state index contributed by atoms with van der Waals surface area (Å²) in [4.78, 5) is 31.8. The second kappa shape index (κ2) is 9.22. The van der Waals surface area contributed by atoms with Gasteiger partial charge in [-0.3, -0.25) is 14.5 Å². The molecule has 1 aliphatic carbocycles. The first-order valence-electron chi connectivity index (χ1n) is 12.4. The largest absolute Gasteiger partial charge is 0.480 e. The Morgan fingerprint density at radius 1 is 0.938 bits per heavy atom. The first-order chi connectivity index (χ1) is 15.6. The van der Waals surface area contributed by atoms with Crippen molar-refractivity contribution >= 4 is 22.8 Å². The number of aliphatic carboxylic acids is 1. The van der Waals surface area contributed by atoms with E-state index < -0.39 is 5.97 Å². The molecule has 1 saturated carbocycles. The summed E-state index contributed by atoms with van der Waals surface area (Å²) in [7, 11) is 0. The predicted octanol–water partition coefficient (Wildman–Crippen LogP) is 4.17. The fraction of sp³-hybridized carbons (Fsp3) is 0.640. The highest BCUT2D eigenvalue weighted by Gasteiger charge is 2.44. The Hall–Kier alpha value is -2.41. The van der Waals surface area contributed by atoms with Crippen LogP contribution in [0.1, 0.15) is 76.7 Å². The van der Waals surface area contributed by atoms with Crippen LogP contribution in [-0.2, 0) is 4.79 Å². The van der Waals surface area contributed by atoms with Crippen LogP contribution < -0.4 is 10.9 Å². The molecule has 5 rings (SSSR count). The molecule has 7 nitrogen and oxygen atoms in total. The van der Waals surface area contributed by atoms with E-state index >= 15 is 0 Å². The molecule has 7 heteroatoms. The summed E-state index contributed by atoms with van der Waals surface area (Å²) in [6.45, 7) is -0.314. The lowest BCUT2D eigenvalue weighted by Gasteiger charge is -2.45. The molecule has 172 valence electrons. The molecule has 2 bridgehead atoms. The van der Waals surface area contributed by atoms with Gasteiger partial charge in [-0.05, 0) is 50.7 Å². The van der Waals surface area contributed by atoms with Crippen LogP contribution >= 0.6 is 0 Å². The summed E-state index contributed by atoms with van der Waals surface area (Å²) in [5.74, 6) is -0.864. The van der Waals surface area contributed by atoms with Gasteiger partial charge in [0.25, 0.3) is 5.56 Å². The zero-order valence-corrected chi connectivity index (χ0v) is 18.7. The van der Waals surface area contributed by atoms with Crippen LogP contribution in [0.3, 0.4) is 0 Å². The summed E-state index contributed by atoms with van der Waals surface area (Å²) >= 11 is 0. The molecular weight excluding hydrogens is 404 g/mol. The van der Waals surface area contributed by atoms with Gasteiger partial charge in [0.1, 0.15) is 6.54 Å². The summed E-state index contributed by atoms with van der Waals surface area (Å²) in [5.41, 5.74) is 1.38. The van der Waals surface area contributed by atoms with Gasteiger partial charge in [0, 0.05) is 24.2 Å². The Balaban J connectivity index is 1.45. The molecule has 3 aliphatic rings. The Morgan fingerprint density at radius 3 is 2.28 bits per heavy atom. The normalized spacial score (nSPS) is 27.2. The lowest BCUT2D eigenvalue weighted by atomic mass is 9.89. The Kier molecular flexibility index (Phi) is 6.17. The van der Waals surface area contributed by atoms with Crippen LogP contribution in [0.15, 0.2) is 29.1 Å². The number of piperidine rings is 1. The predicted molar refractivity (Wildman–Crippen MR) is 125 cm³/mol. The van der Waals surface area contributed by atoms with Gasteiger partial charge >= 0.3 is 5.97 Å². The maximum Gasteiger partial charge on any atom is 0.322 e. The molecule has 2 aromatic rings. The molecule has 0 unspecified atom stereocenters. The number of carbonyl (C=O) groups is 1. The number of rotatable bonds is 5. The van der Waals surface area contributed by atoms with Crippen molar-refractivity contribution in [1.82, 2.24) is 14.5 Å². The van der Waals surface area contributed by atoms with Crippen molar-refractivity contribution in [3.63, 3.8) is 0 Å². The molecule has 2 aliphatic heterocycles. The molecule has 1 aromatic heterocycles. The number of para-hydroxylation sites is 2. The van der Waals surface area contributed by atoms with E-state index in [2.05, 4.69) is 15.2 Å². The molecular formula is C25H34N4O3. The highest BCUT2D eigenvalue weighted by atomic mass is 16.4. The van der Waals surface area contributed by atoms with Crippen molar-refractivity contribution in [1.29, 1.82) is 0 Å². The highest BCUT2D eigenvalue weighted by molar-refractivity contribution is 5.77. The smallest absolute Gasteiger partial charge is 0.322 e. The average molecular weight is 439 g/mol. The fourth-order valence-electron chi connectivity index (χ4n) is 6.52. The second-order valence-corrected chi connectivity index (χ2v) is 9.83. The van der Waals surface area contributed by atoms with Gasteiger partial charge < -0.3 is 15.0 Å². The molecule has 0 spiro atoms. The maximum atomic E-state index is 13.4. The van der Waals surface area contributed by atoms with Crippen LogP contribution in [-0.4, -0.2) is 50.2 Å². The van der Waals surface area contributed by atoms with E-state index in [1.165, 1.54) is 57.8 Å². The van der Waals surface area contributed by atoms with Gasteiger partial charge in [0.15, 0.2) is 5.82 Å². The van der Waals surface area contributed by atoms with Gasteiger partial charge in [-0.25, -0.2) is 4.98 Å². The van der Waals surface area contributed by atoms with Crippen LogP contribution in [0.4, 0.5) is 5.82 Å². The third kappa shape index (κ3) is 4.15. The number of anilines is 1. The maximum absolute atomic E-state index is 13.4. The zero-order chi connectivity index (χ0) is 22.1. The molecule has 1 aromatic carbocycles. The second-order valence-electron chi connectivity index (χ2n) is 9.83. The number of aromatic nitrogens is 2. The Labute approximate surface area is 188 Å². The molecule has 3 atom stereocenters. The number of nitrogens with zero attached hydrogens (tertiary/aromatic N) is 3. The number of nitrogens with one attached hydrogen (secondary N) is 1. The summed E-state index contributed by atoms with van der Waals surface area (Å²) in [6.07, 6.45) is 13.9. The lowest BCUT2D eigenvalue weighted by Crippen LogP contribution is -2.50. The lowest BCUT2D eigenvalue weighted by molar-refractivity contribution is -0.134. The quantitative estimate of drug-likeness (QED) is 0.728. The Bertz CT molecular complexity index is 1010. The van der Waals surface area contributed by atoms with Crippen LogP contribution in [0.25, 0.3) is 11.0 Å². The monoisotopic (exact) mass is 438 g/mol. The average Bonchev–Trinajstić information content (AvgIpc) is 3.01. The van der Waals surface area contributed by atoms with Gasteiger partial charge in [0.2, 0.25) is 0 Å². The number of benzene rings is 1. The van der Waals surface area contributed by atoms with Crippen LogP contribution in [0.2, 0.25) is 0 Å². The van der Waals surface area contributed by atoms with Crippen molar-refractivity contribution in [3.05, 3.63) is 34.6 Å². The zero-order valence-electron chi connectivity index (χ0n) is 18.7. The molecule has 2 saturated heterocycles. The molecule has 0 amide bonds. The van der Waals surface area contributed by atoms with E-state index in [0.717, 1.165) is 23.9 Å². The van der Waals surface area contributed by atoms with E-state index in [1.807, 2.05) is 28.8 Å². The highest BCUT2D eigenvalue weighted by Crippen LogP contribution is 2.44. The van der Waals surface area contributed by atoms with Crippen LogP contribution in [0.5, 0.6) is 0 Å². The number of hydrogen-bond donors (Lipinski definition) is 2. The van der Waals surface area contributed by atoms with Crippen molar-refractivity contribution in [3.8, 4) is 0 Å². The van der Waals surface area contributed by atoms with E-state index in [-0.39, 0.29) is 24.0 Å². The van der Waals surface area contributed by atoms with Crippen molar-refractivity contribution in [2.24, 2.45) is 0 Å². The molecule has 32 heavy (non-hydrogen) atoms. The SMILES string of the molecule is O=C(O)CNc1nc2ccccc2n([C@@H]2C[C@H]3CC[C@@H](C2)N3C2CCCCCCC2)c1=O. The standard InChI is InChI=1S/C25H34N4O3/c30-23(31)16-26-24-25(32)29(22-11-7-6-10-21(22)27-24)20-14-18-12-13-19(15-20)28(18)17-8-4-2-1-3-5-9-17/h6-7,10-11,17-20H,1-5,8-9,12-16H2,(H,26,27)(H,30,31)/t18-,19+,20-. The minimum absolute atomic E-state index is 0.128. The molecule has 3 fully saturated rings. The summed E-state index contributed by atoms with van der Waals surface area (Å²) in [6, 6.07) is 9.63. The number of carboxylic acid groups (broad SMARTS) is 1. The van der Waals surface area contributed by atoms with E-state index in [4.69, 9.17) is 5.11 Å². The van der Waals surface area contributed by atoms with Gasteiger partial charge in [-0.2, -0.15) is 0 Å². The number of fused-ring (bicyclic) bond motifs is 3. The van der Waals surface area contributed by atoms with Gasteiger partial charge in [-0.15, -0.1) is 0 Å². The number of hydrogen-bond acceptors (Lipinski definition) is 5. The molecule has 0 radical (unpaired) electrons. The minimum Gasteiger partial charge on any atom is -0.480 e. The van der Waals surface area contributed by atoms with Crippen LogP contribution in [0, 0.1) is 0 Å². The van der Waals surface area contributed by atoms with Gasteiger partial charge in [0.05, 0.1) is 11.0 Å². The fourth-order valence-corrected chi connectivity index (χ4v) is 6.52. The third-order valence-electron chi connectivity index (χ3n) is 7.83. The van der Waals surface area contributed by atoms with Crippen molar-refractivity contribution < 1.29 is 9.90 Å². The topological polar surface area (TPSA) is 87.5 Å². The van der Waals surface area contributed by atoms with E-state index in [9.17, 15) is 9.59 Å².